The van der Waals surface area contributed by atoms with Crippen LogP contribution < -0.4 is 10.5 Å². The molecule has 3 rings (SSSR count). The summed E-state index contributed by atoms with van der Waals surface area (Å²) in [4.78, 5) is 31.6. The molecule has 0 bridgehead atoms. The van der Waals surface area contributed by atoms with Crippen molar-refractivity contribution >= 4 is 37.2 Å². The number of alkyl halides is 1. The van der Waals surface area contributed by atoms with Gasteiger partial charge < -0.3 is 29.6 Å². The third-order valence-corrected chi connectivity index (χ3v) is 5.09. The van der Waals surface area contributed by atoms with Crippen LogP contribution in [0.1, 0.15) is 0 Å². The van der Waals surface area contributed by atoms with E-state index in [2.05, 4.69) is 15.0 Å². The maximum atomic E-state index is 13.2. The number of ether oxygens (including phenoxy) is 2. The molecule has 0 fully saturated rings. The monoisotopic (exact) mass is 427 g/mol. The smallest absolute Gasteiger partial charge is 0.223 e. The number of benzene rings is 1. The van der Waals surface area contributed by atoms with Crippen LogP contribution in [0, 0.1) is 0 Å². The highest BCUT2D eigenvalue weighted by Gasteiger charge is 2.18. The number of methoxy groups -OCH3 is 1. The van der Waals surface area contributed by atoms with E-state index in [0.29, 0.717) is 16.2 Å². The number of fused-ring (bicyclic) bond motifs is 1. The molecule has 2 aromatic heterocycles. The van der Waals surface area contributed by atoms with Crippen LogP contribution in [0.5, 0.6) is 5.75 Å². The van der Waals surface area contributed by atoms with E-state index >= 15 is 0 Å². The number of nitrogen functional groups attached to an aromatic ring is 1. The summed E-state index contributed by atoms with van der Waals surface area (Å²) in [6, 6.07) is 7.45. The number of imidazole rings is 1. The third-order valence-electron chi connectivity index (χ3n) is 3.72. The van der Waals surface area contributed by atoms with Gasteiger partial charge in [0.2, 0.25) is 5.95 Å². The van der Waals surface area contributed by atoms with Crippen molar-refractivity contribution in [3.05, 3.63) is 30.6 Å². The van der Waals surface area contributed by atoms with Crippen molar-refractivity contribution in [2.45, 2.75) is 22.6 Å². The SMILES string of the molecule is COc1ccc(Sc2nc(N)nc3c2ncn3CC(CF)OCP(O)O)cc1. The highest BCUT2D eigenvalue weighted by atomic mass is 32.2. The molecular weight excluding hydrogens is 408 g/mol. The van der Waals surface area contributed by atoms with Gasteiger partial charge in [0.25, 0.3) is 0 Å². The molecule has 1 unspecified atom stereocenters. The molecule has 0 aliphatic heterocycles. The van der Waals surface area contributed by atoms with Crippen LogP contribution in [0.15, 0.2) is 40.5 Å². The second-order valence-electron chi connectivity index (χ2n) is 5.68. The zero-order valence-electron chi connectivity index (χ0n) is 14.9. The first-order valence-corrected chi connectivity index (χ1v) is 10.4. The summed E-state index contributed by atoms with van der Waals surface area (Å²) in [5, 5.41) is 0.568. The van der Waals surface area contributed by atoms with Gasteiger partial charge in [0.1, 0.15) is 35.4 Å². The highest BCUT2D eigenvalue weighted by molar-refractivity contribution is 7.99. The Hall–Kier alpha value is -2.04. The Kier molecular flexibility index (Phi) is 6.97. The molecule has 3 aromatic rings. The molecule has 4 N–H and O–H groups in total. The number of anilines is 1. The summed E-state index contributed by atoms with van der Waals surface area (Å²) in [7, 11) is -0.653. The summed E-state index contributed by atoms with van der Waals surface area (Å²) in [6.45, 7) is -0.698. The molecule has 9 nitrogen and oxygen atoms in total. The second-order valence-corrected chi connectivity index (χ2v) is 7.74. The Morgan fingerprint density at radius 1 is 1.29 bits per heavy atom. The molecule has 12 heteroatoms. The largest absolute Gasteiger partial charge is 0.497 e. The number of hydrogen-bond donors (Lipinski definition) is 3. The van der Waals surface area contributed by atoms with Crippen molar-refractivity contribution in [3.63, 3.8) is 0 Å². The number of aromatic nitrogens is 4. The maximum absolute atomic E-state index is 13.2. The van der Waals surface area contributed by atoms with Crippen LogP contribution in [0.2, 0.25) is 0 Å². The third kappa shape index (κ3) is 5.06. The van der Waals surface area contributed by atoms with E-state index in [9.17, 15) is 4.39 Å². The summed E-state index contributed by atoms with van der Waals surface area (Å²) < 4.78 is 25.1. The molecule has 0 saturated heterocycles. The van der Waals surface area contributed by atoms with Crippen molar-refractivity contribution in [3.8, 4) is 5.75 Å². The first-order valence-electron chi connectivity index (χ1n) is 8.13. The van der Waals surface area contributed by atoms with Crippen LogP contribution in [-0.4, -0.2) is 55.5 Å². The lowest BCUT2D eigenvalue weighted by Crippen LogP contribution is -2.22. The summed E-state index contributed by atoms with van der Waals surface area (Å²) in [5.74, 6) is 0.810. The van der Waals surface area contributed by atoms with Crippen LogP contribution in [-0.2, 0) is 11.3 Å². The Morgan fingerprint density at radius 3 is 2.68 bits per heavy atom. The Balaban J connectivity index is 1.85. The molecule has 0 spiro atoms. The molecule has 1 atom stereocenters. The first kappa shape index (κ1) is 20.7. The molecule has 0 radical (unpaired) electrons. The van der Waals surface area contributed by atoms with Crippen LogP contribution >= 0.6 is 20.1 Å². The molecule has 150 valence electrons. The van der Waals surface area contributed by atoms with Crippen molar-refractivity contribution in [1.82, 2.24) is 19.5 Å². The fraction of sp³-hybridized carbons (Fsp3) is 0.312. The van der Waals surface area contributed by atoms with Crippen LogP contribution in [0.3, 0.4) is 0 Å². The lowest BCUT2D eigenvalue weighted by Gasteiger charge is -2.15. The van der Waals surface area contributed by atoms with E-state index in [1.165, 1.54) is 18.1 Å². The summed E-state index contributed by atoms with van der Waals surface area (Å²) in [5.41, 5.74) is 6.82. The highest BCUT2D eigenvalue weighted by Crippen LogP contribution is 2.32. The Bertz CT molecular complexity index is 927. The number of nitrogens with zero attached hydrogens (tertiary/aromatic N) is 4. The lowest BCUT2D eigenvalue weighted by atomic mass is 10.3. The second kappa shape index (κ2) is 9.44. The van der Waals surface area contributed by atoms with Gasteiger partial charge in [0.05, 0.1) is 20.0 Å². The molecule has 1 aromatic carbocycles. The standard InChI is InChI=1S/C16H19FN5O4PS/c1-25-10-2-4-12(5-3-10)28-15-13-14(20-16(18)21-15)22(8-19-13)7-11(6-17)26-9-27(23)24/h2-5,8,11,23-24H,6-7,9H2,1H3,(H2,18,20,21). The molecule has 28 heavy (non-hydrogen) atoms. The number of halogens is 1. The molecule has 0 aliphatic carbocycles. The minimum atomic E-state index is -2.25. The van der Waals surface area contributed by atoms with Gasteiger partial charge in [-0.3, -0.25) is 0 Å². The fourth-order valence-corrected chi connectivity index (χ4v) is 3.65. The van der Waals surface area contributed by atoms with Gasteiger partial charge in [0.15, 0.2) is 14.0 Å². The number of rotatable bonds is 9. The topological polar surface area (TPSA) is 129 Å². The van der Waals surface area contributed by atoms with E-state index in [0.717, 1.165) is 10.6 Å². The lowest BCUT2D eigenvalue weighted by molar-refractivity contribution is 0.0488. The predicted octanol–water partition coefficient (Wildman–Crippen LogP) is 2.18. The molecule has 0 aliphatic rings. The fourth-order valence-electron chi connectivity index (χ4n) is 2.43. The minimum absolute atomic E-state index is 0.0669. The first-order chi connectivity index (χ1) is 13.5. The Labute approximate surface area is 165 Å². The van der Waals surface area contributed by atoms with E-state index in [-0.39, 0.29) is 18.8 Å². The molecular formula is C16H19FN5O4PS. The van der Waals surface area contributed by atoms with E-state index in [1.807, 2.05) is 24.3 Å². The van der Waals surface area contributed by atoms with Crippen LogP contribution in [0.25, 0.3) is 11.2 Å². The van der Waals surface area contributed by atoms with E-state index in [1.54, 1.807) is 11.7 Å². The van der Waals surface area contributed by atoms with Crippen LogP contribution in [0.4, 0.5) is 10.3 Å². The minimum Gasteiger partial charge on any atom is -0.497 e. The average molecular weight is 427 g/mol. The van der Waals surface area contributed by atoms with E-state index < -0.39 is 21.2 Å². The number of hydrogen-bond acceptors (Lipinski definition) is 9. The normalized spacial score (nSPS) is 12.6. The molecule has 0 amide bonds. The zero-order chi connectivity index (χ0) is 20.1. The Morgan fingerprint density at radius 2 is 2.04 bits per heavy atom. The quantitative estimate of drug-likeness (QED) is 0.348. The average Bonchev–Trinajstić information content (AvgIpc) is 3.08. The van der Waals surface area contributed by atoms with Gasteiger partial charge in [-0.15, -0.1) is 0 Å². The van der Waals surface area contributed by atoms with E-state index in [4.69, 9.17) is 25.0 Å². The number of nitrogens with two attached hydrogens (primary N) is 1. The van der Waals surface area contributed by atoms with Gasteiger partial charge in [-0.25, -0.2) is 14.4 Å². The van der Waals surface area contributed by atoms with Gasteiger partial charge in [-0.2, -0.15) is 4.98 Å². The molecule has 0 saturated carbocycles. The van der Waals surface area contributed by atoms with Gasteiger partial charge in [-0.05, 0) is 24.3 Å². The van der Waals surface area contributed by atoms with Crippen molar-refractivity contribution in [2.75, 3.05) is 25.9 Å². The van der Waals surface area contributed by atoms with Crippen molar-refractivity contribution < 1.29 is 23.7 Å². The maximum Gasteiger partial charge on any atom is 0.223 e. The van der Waals surface area contributed by atoms with Gasteiger partial charge in [0, 0.05) is 4.90 Å². The summed E-state index contributed by atoms with van der Waals surface area (Å²) >= 11 is 1.37. The zero-order valence-corrected chi connectivity index (χ0v) is 16.6. The van der Waals surface area contributed by atoms with Crippen molar-refractivity contribution in [1.29, 1.82) is 0 Å². The van der Waals surface area contributed by atoms with Gasteiger partial charge >= 0.3 is 0 Å². The predicted molar refractivity (Wildman–Crippen MR) is 104 cm³/mol. The summed E-state index contributed by atoms with van der Waals surface area (Å²) in [6.07, 6.45) is 0.311. The van der Waals surface area contributed by atoms with Crippen molar-refractivity contribution in [2.24, 2.45) is 0 Å². The van der Waals surface area contributed by atoms with Gasteiger partial charge in [-0.1, -0.05) is 11.8 Å². The molecule has 2 heterocycles.